The lowest BCUT2D eigenvalue weighted by Crippen LogP contribution is -2.48. The third-order valence-electron chi connectivity index (χ3n) is 12.8. The van der Waals surface area contributed by atoms with Gasteiger partial charge in [0.25, 0.3) is 5.91 Å². The number of para-hydroxylation sites is 2. The maximum atomic E-state index is 12.9. The number of rotatable bonds is 10. The van der Waals surface area contributed by atoms with Crippen LogP contribution in [-0.4, -0.2) is 103 Å². The molecule has 0 aromatic heterocycles. The van der Waals surface area contributed by atoms with E-state index in [1.807, 2.05) is 25.1 Å². The average molecular weight is 823 g/mol. The summed E-state index contributed by atoms with van der Waals surface area (Å²) in [5, 5.41) is 10.6. The molecule has 59 heavy (non-hydrogen) atoms. The Morgan fingerprint density at radius 1 is 0.644 bits per heavy atom. The van der Waals surface area contributed by atoms with Crippen molar-refractivity contribution in [1.29, 1.82) is 0 Å². The molecule has 2 spiro atoms. The Morgan fingerprint density at radius 3 is 1.46 bits per heavy atom. The van der Waals surface area contributed by atoms with E-state index in [9.17, 15) is 18.0 Å². The maximum Gasteiger partial charge on any atom is 0.490 e. The minimum absolute atomic E-state index is 0.197. The number of likely N-dealkylation sites (tertiary alicyclic amines) is 3. The fourth-order valence-corrected chi connectivity index (χ4v) is 8.92. The third-order valence-corrected chi connectivity index (χ3v) is 12.8. The van der Waals surface area contributed by atoms with Crippen LogP contribution in [0.25, 0.3) is 0 Å². The van der Waals surface area contributed by atoms with Crippen LogP contribution in [0.4, 0.5) is 13.2 Å². The number of aliphatic carboxylic acids is 1. The second kappa shape index (κ2) is 21.9. The molecule has 4 aliphatic heterocycles. The summed E-state index contributed by atoms with van der Waals surface area (Å²) >= 11 is 0. The molecule has 12 heteroatoms. The van der Waals surface area contributed by atoms with Gasteiger partial charge in [0.15, 0.2) is 0 Å². The van der Waals surface area contributed by atoms with Gasteiger partial charge in [-0.05, 0) is 152 Å². The Kier molecular flexibility index (Phi) is 17.1. The van der Waals surface area contributed by atoms with Gasteiger partial charge >= 0.3 is 12.1 Å². The SMILES string of the molecule is CCOc1ccccc1CN1CCC2(CC1)CCN(C(=O)c1ccc(CC)cc1)CC2.CCOc1ccccc1CN1CCC2(CCNCC2)CC1.O=C(O)C(F)(F)F. The van der Waals surface area contributed by atoms with Crippen molar-refractivity contribution in [3.05, 3.63) is 95.1 Å². The number of carboxylic acid groups (broad SMARTS) is 1. The number of carbonyl (C=O) groups excluding carboxylic acids is 1. The number of ether oxygens (including phenoxy) is 2. The number of carbonyl (C=O) groups is 2. The molecule has 4 saturated heterocycles. The Hall–Kier alpha value is -4.13. The number of alkyl halides is 3. The van der Waals surface area contributed by atoms with E-state index in [-0.39, 0.29) is 5.91 Å². The summed E-state index contributed by atoms with van der Waals surface area (Å²) in [5.74, 6) is -0.485. The third kappa shape index (κ3) is 13.4. The molecular formula is C47H65F3N4O5. The number of aryl methyl sites for hydroxylation is 1. The topological polar surface area (TPSA) is 94.6 Å². The molecule has 3 aromatic carbocycles. The number of hydrogen-bond acceptors (Lipinski definition) is 7. The zero-order chi connectivity index (χ0) is 42.3. The van der Waals surface area contributed by atoms with Gasteiger partial charge in [-0.3, -0.25) is 14.6 Å². The van der Waals surface area contributed by atoms with Gasteiger partial charge in [0, 0.05) is 42.9 Å². The Labute approximate surface area is 349 Å². The fraction of sp³-hybridized carbons (Fsp3) is 0.574. The standard InChI is InChI=1S/C27H36N2O2.C18H28N2O.C2HF3O2/c1-3-22-9-11-23(12-10-22)26(30)29-19-15-27(16-20-29)13-17-28(18-14-27)21-24-7-5-6-8-25(24)31-4-2;1-2-21-17-6-4-3-5-16(17)15-20-13-9-18(10-14-20)7-11-19-12-8-18;3-2(4,5)1(6)7/h5-12H,3-4,13-21H2,1-2H3;3-6,19H,2,7-15H2,1H3;(H,6,7). The first-order valence-electron chi connectivity index (χ1n) is 21.6. The highest BCUT2D eigenvalue weighted by atomic mass is 19.4. The summed E-state index contributed by atoms with van der Waals surface area (Å²) in [6.45, 7) is 18.6. The number of amides is 1. The molecule has 0 radical (unpaired) electrons. The van der Waals surface area contributed by atoms with E-state index >= 15 is 0 Å². The van der Waals surface area contributed by atoms with E-state index in [1.165, 1.54) is 81.4 Å². The summed E-state index contributed by atoms with van der Waals surface area (Å²) in [4.78, 5) is 29.0. The molecule has 4 heterocycles. The molecule has 3 aromatic rings. The Bertz CT molecular complexity index is 1740. The van der Waals surface area contributed by atoms with Crippen LogP contribution in [0.1, 0.15) is 99.2 Å². The van der Waals surface area contributed by atoms with Gasteiger partial charge < -0.3 is 24.8 Å². The first kappa shape index (κ1) is 45.9. The average Bonchev–Trinajstić information content (AvgIpc) is 3.25. The molecule has 0 unspecified atom stereocenters. The monoisotopic (exact) mass is 822 g/mol. The number of piperidine rings is 4. The number of nitrogens with zero attached hydrogens (tertiary/aromatic N) is 3. The molecule has 9 nitrogen and oxygen atoms in total. The summed E-state index contributed by atoms with van der Waals surface area (Å²) in [6, 6.07) is 25.0. The van der Waals surface area contributed by atoms with Crippen molar-refractivity contribution in [2.24, 2.45) is 10.8 Å². The van der Waals surface area contributed by atoms with Gasteiger partial charge in [-0.1, -0.05) is 55.5 Å². The number of halogens is 3. The van der Waals surface area contributed by atoms with Crippen LogP contribution >= 0.6 is 0 Å². The van der Waals surface area contributed by atoms with E-state index in [0.717, 1.165) is 82.2 Å². The van der Waals surface area contributed by atoms with Crippen molar-refractivity contribution in [1.82, 2.24) is 20.0 Å². The Balaban J connectivity index is 0.000000203. The molecule has 0 atom stereocenters. The van der Waals surface area contributed by atoms with Crippen LogP contribution in [0, 0.1) is 10.8 Å². The summed E-state index contributed by atoms with van der Waals surface area (Å²) in [6.07, 6.45) is 6.14. The van der Waals surface area contributed by atoms with Crippen molar-refractivity contribution < 1.29 is 37.3 Å². The molecule has 2 N–H and O–H groups in total. The second-order valence-corrected chi connectivity index (χ2v) is 16.5. The predicted molar refractivity (Wildman–Crippen MR) is 226 cm³/mol. The number of nitrogens with one attached hydrogen (secondary N) is 1. The lowest BCUT2D eigenvalue weighted by atomic mass is 9.71. The zero-order valence-corrected chi connectivity index (χ0v) is 35.3. The van der Waals surface area contributed by atoms with Crippen LogP contribution in [0.2, 0.25) is 0 Å². The van der Waals surface area contributed by atoms with Gasteiger partial charge in [0.2, 0.25) is 0 Å². The van der Waals surface area contributed by atoms with Gasteiger partial charge in [0.05, 0.1) is 13.2 Å². The molecule has 4 fully saturated rings. The van der Waals surface area contributed by atoms with E-state index in [4.69, 9.17) is 19.4 Å². The van der Waals surface area contributed by atoms with Crippen LogP contribution < -0.4 is 14.8 Å². The summed E-state index contributed by atoms with van der Waals surface area (Å²) < 4.78 is 43.3. The van der Waals surface area contributed by atoms with E-state index < -0.39 is 12.1 Å². The van der Waals surface area contributed by atoms with Gasteiger partial charge in [0.1, 0.15) is 11.5 Å². The highest BCUT2D eigenvalue weighted by Crippen LogP contribution is 2.42. The van der Waals surface area contributed by atoms with Crippen molar-refractivity contribution in [3.63, 3.8) is 0 Å². The van der Waals surface area contributed by atoms with E-state index in [0.29, 0.717) is 17.4 Å². The van der Waals surface area contributed by atoms with Crippen LogP contribution in [-0.2, 0) is 24.3 Å². The molecule has 7 rings (SSSR count). The highest BCUT2D eigenvalue weighted by Gasteiger charge is 2.40. The molecule has 4 aliphatic rings. The first-order valence-corrected chi connectivity index (χ1v) is 21.6. The Morgan fingerprint density at radius 2 is 1.05 bits per heavy atom. The maximum absolute atomic E-state index is 12.9. The molecule has 0 aliphatic carbocycles. The fourth-order valence-electron chi connectivity index (χ4n) is 8.92. The van der Waals surface area contributed by atoms with Crippen molar-refractivity contribution in [3.8, 4) is 11.5 Å². The van der Waals surface area contributed by atoms with Crippen LogP contribution in [0.3, 0.4) is 0 Å². The molecule has 0 bridgehead atoms. The van der Waals surface area contributed by atoms with Crippen molar-refractivity contribution in [2.45, 2.75) is 97.8 Å². The lowest BCUT2D eigenvalue weighted by molar-refractivity contribution is -0.192. The zero-order valence-electron chi connectivity index (χ0n) is 35.3. The van der Waals surface area contributed by atoms with Gasteiger partial charge in [-0.15, -0.1) is 0 Å². The molecule has 1 amide bonds. The smallest absolute Gasteiger partial charge is 0.490 e. The van der Waals surface area contributed by atoms with E-state index in [1.54, 1.807) is 0 Å². The minimum Gasteiger partial charge on any atom is -0.494 e. The normalized spacial score (nSPS) is 19.2. The summed E-state index contributed by atoms with van der Waals surface area (Å²) in [5.41, 5.74) is 5.79. The van der Waals surface area contributed by atoms with Crippen LogP contribution in [0.15, 0.2) is 72.8 Å². The quantitative estimate of drug-likeness (QED) is 0.210. The number of carboxylic acids is 1. The predicted octanol–water partition coefficient (Wildman–Crippen LogP) is 8.85. The minimum atomic E-state index is -5.08. The lowest BCUT2D eigenvalue weighted by Gasteiger charge is -2.47. The van der Waals surface area contributed by atoms with E-state index in [2.05, 4.69) is 88.5 Å². The van der Waals surface area contributed by atoms with Gasteiger partial charge in [-0.25, -0.2) is 4.79 Å². The highest BCUT2D eigenvalue weighted by molar-refractivity contribution is 5.94. The second-order valence-electron chi connectivity index (χ2n) is 16.5. The molecule has 0 saturated carbocycles. The molecule has 324 valence electrons. The molecular weight excluding hydrogens is 758 g/mol. The number of hydrogen-bond donors (Lipinski definition) is 2. The first-order chi connectivity index (χ1) is 28.4. The van der Waals surface area contributed by atoms with Crippen LogP contribution in [0.5, 0.6) is 11.5 Å². The van der Waals surface area contributed by atoms with Crippen molar-refractivity contribution in [2.75, 3.05) is 65.6 Å². The number of benzene rings is 3. The largest absolute Gasteiger partial charge is 0.494 e. The summed E-state index contributed by atoms with van der Waals surface area (Å²) in [7, 11) is 0. The van der Waals surface area contributed by atoms with Gasteiger partial charge in [-0.2, -0.15) is 13.2 Å². The van der Waals surface area contributed by atoms with Crippen molar-refractivity contribution >= 4 is 11.9 Å².